The fourth-order valence-electron chi connectivity index (χ4n) is 7.24. The van der Waals surface area contributed by atoms with Crippen LogP contribution in [0.5, 0.6) is 0 Å². The number of benzene rings is 1. The molecular formula is C28H43N3O5S. The summed E-state index contributed by atoms with van der Waals surface area (Å²) in [7, 11) is 1.15. The van der Waals surface area contributed by atoms with Crippen LogP contribution in [0.25, 0.3) is 0 Å². The molecule has 0 bridgehead atoms. The number of hydrogen-bond acceptors (Lipinski definition) is 6. The molecule has 0 radical (unpaired) electrons. The number of fused-ring (bicyclic) bond motifs is 1. The third kappa shape index (κ3) is 5.16. The van der Waals surface area contributed by atoms with Crippen molar-refractivity contribution in [3.8, 4) is 0 Å². The number of β-amino-alcohol motifs (C(OH)–C–C–N with tert-alkyl or cyclic N) is 2. The second kappa shape index (κ2) is 9.81. The molecule has 0 spiro atoms. The molecule has 2 saturated heterocycles. The summed E-state index contributed by atoms with van der Waals surface area (Å²) in [6.45, 7) is 0.492. The Morgan fingerprint density at radius 3 is 1.95 bits per heavy atom. The van der Waals surface area contributed by atoms with Crippen LogP contribution in [-0.2, 0) is 15.4 Å². The third-order valence-corrected chi connectivity index (χ3v) is 11.5. The van der Waals surface area contributed by atoms with Gasteiger partial charge in [0, 0.05) is 5.54 Å². The highest BCUT2D eigenvalue weighted by atomic mass is 32.2. The number of sulfone groups is 1. The molecule has 2 aliphatic heterocycles. The van der Waals surface area contributed by atoms with E-state index in [1.807, 2.05) is 15.9 Å². The average Bonchev–Trinajstić information content (AvgIpc) is 3.05. The number of hydrogen-bond donors (Lipinski definition) is 2. The van der Waals surface area contributed by atoms with E-state index < -0.39 is 21.0 Å². The monoisotopic (exact) mass is 533 g/mol. The fraction of sp³-hybridized carbons (Fsp3) is 0.750. The minimum absolute atomic E-state index is 0.0362. The van der Waals surface area contributed by atoms with Crippen LogP contribution in [-0.4, -0.2) is 101 Å². The number of rotatable bonds is 6. The van der Waals surface area contributed by atoms with E-state index in [0.717, 1.165) is 38.5 Å². The van der Waals surface area contributed by atoms with E-state index in [1.165, 1.54) is 5.56 Å². The van der Waals surface area contributed by atoms with Crippen molar-refractivity contribution in [3.05, 3.63) is 35.9 Å². The molecular weight excluding hydrogens is 490 g/mol. The molecule has 2 aliphatic carbocycles. The highest BCUT2D eigenvalue weighted by molar-refractivity contribution is 7.91. The van der Waals surface area contributed by atoms with Gasteiger partial charge in [-0.25, -0.2) is 13.2 Å². The molecule has 1 aromatic carbocycles. The standard InChI is InChI=1S/C28H43N3O5S/c1-29(2)28(22-8-4-3-5-9-22)14-6-10-23-24(11-15-28)31(20-26(33)12-7-13-26)25(32)30(23)21-27(34)16-18-37(35,36)19-17-27/h3-5,8-9,23-24,33-34H,6-7,10-21H2,1-2H3/t23?,24-,28+/m0/s1. The third-order valence-electron chi connectivity index (χ3n) is 9.82. The van der Waals surface area contributed by atoms with Crippen LogP contribution in [0, 0.1) is 0 Å². The van der Waals surface area contributed by atoms with Crippen LogP contribution in [0.15, 0.2) is 30.3 Å². The van der Waals surface area contributed by atoms with E-state index in [2.05, 4.69) is 43.3 Å². The molecule has 3 atom stereocenters. The molecule has 1 aromatic rings. The SMILES string of the molecule is CN(C)[C@]1(c2ccccc2)CCCC2[C@H](CC1)N(CC1(O)CCC1)C(=O)N2CC1(O)CCS(=O)(=O)CC1. The molecule has 5 rings (SSSR count). The van der Waals surface area contributed by atoms with Crippen molar-refractivity contribution in [2.45, 2.75) is 93.0 Å². The summed E-state index contributed by atoms with van der Waals surface area (Å²) in [4.78, 5) is 20.0. The zero-order chi connectivity index (χ0) is 26.5. The zero-order valence-electron chi connectivity index (χ0n) is 22.3. The molecule has 206 valence electrons. The van der Waals surface area contributed by atoms with E-state index in [-0.39, 0.29) is 54.5 Å². The molecule has 9 heteroatoms. The summed E-state index contributed by atoms with van der Waals surface area (Å²) < 4.78 is 24.0. The molecule has 37 heavy (non-hydrogen) atoms. The number of carbonyl (C=O) groups is 1. The second-order valence-corrected chi connectivity index (χ2v) is 14.7. The van der Waals surface area contributed by atoms with Gasteiger partial charge in [0.05, 0.1) is 47.9 Å². The minimum atomic E-state index is -3.12. The molecule has 8 nitrogen and oxygen atoms in total. The summed E-state index contributed by atoms with van der Waals surface area (Å²) in [5.41, 5.74) is -0.847. The Hall–Kier alpha value is -1.68. The number of aliphatic hydroxyl groups is 2. The first-order chi connectivity index (χ1) is 17.5. The molecule has 2 amide bonds. The number of nitrogens with zero attached hydrogens (tertiary/aromatic N) is 3. The van der Waals surface area contributed by atoms with E-state index in [4.69, 9.17) is 0 Å². The van der Waals surface area contributed by atoms with Crippen LogP contribution in [0.2, 0.25) is 0 Å². The highest BCUT2D eigenvalue weighted by Crippen LogP contribution is 2.44. The zero-order valence-corrected chi connectivity index (χ0v) is 23.1. The lowest BCUT2D eigenvalue weighted by molar-refractivity contribution is -0.0559. The van der Waals surface area contributed by atoms with Crippen LogP contribution in [0.4, 0.5) is 4.79 Å². The first-order valence-electron chi connectivity index (χ1n) is 13.9. The van der Waals surface area contributed by atoms with E-state index in [9.17, 15) is 23.4 Å². The molecule has 1 unspecified atom stereocenters. The summed E-state index contributed by atoms with van der Waals surface area (Å²) in [6, 6.07) is 10.4. The van der Waals surface area contributed by atoms with E-state index >= 15 is 0 Å². The first kappa shape index (κ1) is 26.9. The van der Waals surface area contributed by atoms with Gasteiger partial charge in [0.1, 0.15) is 0 Å². The predicted molar refractivity (Wildman–Crippen MR) is 143 cm³/mol. The van der Waals surface area contributed by atoms with Gasteiger partial charge in [-0.05, 0) is 83.9 Å². The summed E-state index contributed by atoms with van der Waals surface area (Å²) in [5, 5.41) is 22.4. The summed E-state index contributed by atoms with van der Waals surface area (Å²) in [5.74, 6) is -0.0724. The van der Waals surface area contributed by atoms with Gasteiger partial charge < -0.3 is 20.0 Å². The second-order valence-electron chi connectivity index (χ2n) is 12.4. The van der Waals surface area contributed by atoms with E-state index in [1.54, 1.807) is 0 Å². The van der Waals surface area contributed by atoms with Crippen LogP contribution in [0.3, 0.4) is 0 Å². The highest BCUT2D eigenvalue weighted by Gasteiger charge is 2.53. The van der Waals surface area contributed by atoms with Crippen LogP contribution in [0.1, 0.15) is 69.8 Å². The number of urea groups is 1. The topological polar surface area (TPSA) is 101 Å². The maximum absolute atomic E-state index is 13.9. The Labute approximate surface area is 221 Å². The van der Waals surface area contributed by atoms with Crippen molar-refractivity contribution in [1.29, 1.82) is 0 Å². The normalized spacial score (nSPS) is 32.9. The van der Waals surface area contributed by atoms with Gasteiger partial charge in [-0.3, -0.25) is 4.90 Å². The molecule has 4 fully saturated rings. The number of amides is 2. The van der Waals surface area contributed by atoms with Crippen molar-refractivity contribution in [3.63, 3.8) is 0 Å². The maximum Gasteiger partial charge on any atom is 0.320 e. The Morgan fingerprint density at radius 1 is 0.838 bits per heavy atom. The van der Waals surface area contributed by atoms with Crippen molar-refractivity contribution in [1.82, 2.24) is 14.7 Å². The molecule has 4 aliphatic rings. The van der Waals surface area contributed by atoms with E-state index in [0.29, 0.717) is 19.4 Å². The average molecular weight is 534 g/mol. The van der Waals surface area contributed by atoms with Gasteiger partial charge >= 0.3 is 6.03 Å². The molecule has 0 aromatic heterocycles. The van der Waals surface area contributed by atoms with Gasteiger partial charge in [-0.2, -0.15) is 0 Å². The Bertz CT molecular complexity index is 1080. The Balaban J connectivity index is 1.42. The Kier molecular flexibility index (Phi) is 7.13. The molecule has 2 N–H and O–H groups in total. The van der Waals surface area contributed by atoms with Crippen molar-refractivity contribution in [2.24, 2.45) is 0 Å². The lowest BCUT2D eigenvalue weighted by Gasteiger charge is -2.46. The van der Waals surface area contributed by atoms with Gasteiger partial charge in [0.25, 0.3) is 0 Å². The van der Waals surface area contributed by atoms with Crippen molar-refractivity contribution in [2.75, 3.05) is 38.7 Å². The molecule has 2 saturated carbocycles. The molecule has 2 heterocycles. The lowest BCUT2D eigenvalue weighted by Crippen LogP contribution is -2.52. The van der Waals surface area contributed by atoms with Gasteiger partial charge in [-0.1, -0.05) is 30.3 Å². The summed E-state index contributed by atoms with van der Waals surface area (Å²) >= 11 is 0. The smallest absolute Gasteiger partial charge is 0.320 e. The van der Waals surface area contributed by atoms with Gasteiger partial charge in [0.2, 0.25) is 0 Å². The first-order valence-corrected chi connectivity index (χ1v) is 15.7. The number of carbonyl (C=O) groups excluding carboxylic acids is 1. The van der Waals surface area contributed by atoms with Crippen molar-refractivity contribution < 1.29 is 23.4 Å². The maximum atomic E-state index is 13.9. The van der Waals surface area contributed by atoms with Gasteiger partial charge in [0.15, 0.2) is 9.84 Å². The summed E-state index contributed by atoms with van der Waals surface area (Å²) in [6.07, 6.45) is 7.15. The minimum Gasteiger partial charge on any atom is -0.388 e. The fourth-order valence-corrected chi connectivity index (χ4v) is 8.83. The lowest BCUT2D eigenvalue weighted by atomic mass is 9.75. The van der Waals surface area contributed by atoms with Crippen LogP contribution >= 0.6 is 0 Å². The largest absolute Gasteiger partial charge is 0.388 e. The van der Waals surface area contributed by atoms with Crippen molar-refractivity contribution >= 4 is 15.9 Å². The Morgan fingerprint density at radius 2 is 1.41 bits per heavy atom. The predicted octanol–water partition coefficient (Wildman–Crippen LogP) is 2.74. The quantitative estimate of drug-likeness (QED) is 0.583. The van der Waals surface area contributed by atoms with Crippen LogP contribution < -0.4 is 0 Å². The van der Waals surface area contributed by atoms with Gasteiger partial charge in [-0.15, -0.1) is 0 Å².